The summed E-state index contributed by atoms with van der Waals surface area (Å²) in [6, 6.07) is 13.8. The quantitative estimate of drug-likeness (QED) is 0.542. The molecule has 0 spiro atoms. The monoisotopic (exact) mass is 424 g/mol. The van der Waals surface area contributed by atoms with Gasteiger partial charge in [0.15, 0.2) is 12.4 Å². The van der Waals surface area contributed by atoms with Crippen LogP contribution in [0.15, 0.2) is 48.5 Å². The van der Waals surface area contributed by atoms with Gasteiger partial charge in [0.05, 0.1) is 17.8 Å². The summed E-state index contributed by atoms with van der Waals surface area (Å²) in [5, 5.41) is 2.62. The van der Waals surface area contributed by atoms with E-state index in [1.165, 1.54) is 6.92 Å². The van der Waals surface area contributed by atoms with Crippen molar-refractivity contribution < 1.29 is 23.9 Å². The van der Waals surface area contributed by atoms with Gasteiger partial charge < -0.3 is 14.8 Å². The largest absolute Gasteiger partial charge is 0.452 e. The van der Waals surface area contributed by atoms with Gasteiger partial charge in [0.2, 0.25) is 0 Å². The minimum atomic E-state index is -0.562. The van der Waals surface area contributed by atoms with Gasteiger partial charge in [-0.1, -0.05) is 24.3 Å². The van der Waals surface area contributed by atoms with Crippen molar-refractivity contribution >= 4 is 23.3 Å². The summed E-state index contributed by atoms with van der Waals surface area (Å²) >= 11 is 0. The number of Topliss-reactive ketones (excluding diaryl/α,β-unsaturated/α-hetero) is 1. The zero-order valence-electron chi connectivity index (χ0n) is 18.1. The van der Waals surface area contributed by atoms with E-state index < -0.39 is 18.5 Å². The summed E-state index contributed by atoms with van der Waals surface area (Å²) in [4.78, 5) is 38.1. The SMILES string of the molecule is CC(=O)c1cccc(NC(=O)COC(=O)c2ccc(CN3CC(C)OC(C)C3)cc2)c1. The Morgan fingerprint density at radius 3 is 2.35 bits per heavy atom. The van der Waals surface area contributed by atoms with Crippen LogP contribution in [-0.2, 0) is 20.8 Å². The zero-order chi connectivity index (χ0) is 22.4. The molecule has 1 fully saturated rings. The van der Waals surface area contributed by atoms with Gasteiger partial charge in [-0.15, -0.1) is 0 Å². The molecule has 7 nitrogen and oxygen atoms in total. The van der Waals surface area contributed by atoms with E-state index in [0.29, 0.717) is 16.8 Å². The Balaban J connectivity index is 1.48. The topological polar surface area (TPSA) is 84.9 Å². The average Bonchev–Trinajstić information content (AvgIpc) is 2.72. The Labute approximate surface area is 182 Å². The average molecular weight is 424 g/mol. The molecule has 0 aliphatic carbocycles. The van der Waals surface area contributed by atoms with Crippen LogP contribution in [0.4, 0.5) is 5.69 Å². The highest BCUT2D eigenvalue weighted by atomic mass is 16.5. The van der Waals surface area contributed by atoms with E-state index in [4.69, 9.17) is 9.47 Å². The second-order valence-corrected chi connectivity index (χ2v) is 7.91. The maximum Gasteiger partial charge on any atom is 0.338 e. The van der Waals surface area contributed by atoms with E-state index in [1.54, 1.807) is 36.4 Å². The lowest BCUT2D eigenvalue weighted by molar-refractivity contribution is -0.119. The number of nitrogens with zero attached hydrogens (tertiary/aromatic N) is 1. The molecule has 1 N–H and O–H groups in total. The second kappa shape index (κ2) is 10.3. The number of benzene rings is 2. The fourth-order valence-corrected chi connectivity index (χ4v) is 3.65. The number of esters is 1. The number of carbonyl (C=O) groups excluding carboxylic acids is 3. The van der Waals surface area contributed by atoms with Crippen molar-refractivity contribution in [3.05, 3.63) is 65.2 Å². The van der Waals surface area contributed by atoms with Crippen molar-refractivity contribution in [2.75, 3.05) is 25.0 Å². The lowest BCUT2D eigenvalue weighted by atomic mass is 10.1. The van der Waals surface area contributed by atoms with E-state index in [2.05, 4.69) is 24.1 Å². The minimum Gasteiger partial charge on any atom is -0.452 e. The van der Waals surface area contributed by atoms with Crippen molar-refractivity contribution in [2.45, 2.75) is 39.5 Å². The molecule has 1 amide bonds. The molecule has 1 aliphatic rings. The van der Waals surface area contributed by atoms with Crippen molar-refractivity contribution in [3.63, 3.8) is 0 Å². The van der Waals surface area contributed by atoms with Crippen LogP contribution in [0, 0.1) is 0 Å². The van der Waals surface area contributed by atoms with Crippen LogP contribution in [0.25, 0.3) is 0 Å². The van der Waals surface area contributed by atoms with Gasteiger partial charge >= 0.3 is 5.97 Å². The van der Waals surface area contributed by atoms with E-state index in [-0.39, 0.29) is 18.0 Å². The van der Waals surface area contributed by atoms with Crippen LogP contribution in [0.3, 0.4) is 0 Å². The molecule has 7 heteroatoms. The Kier molecular flexibility index (Phi) is 7.55. The first-order valence-electron chi connectivity index (χ1n) is 10.3. The fourth-order valence-electron chi connectivity index (χ4n) is 3.65. The molecule has 0 aromatic heterocycles. The van der Waals surface area contributed by atoms with Crippen LogP contribution >= 0.6 is 0 Å². The van der Waals surface area contributed by atoms with Gasteiger partial charge in [0, 0.05) is 30.9 Å². The number of ether oxygens (including phenoxy) is 2. The molecule has 0 radical (unpaired) electrons. The smallest absolute Gasteiger partial charge is 0.338 e. The lowest BCUT2D eigenvalue weighted by Crippen LogP contribution is -2.44. The van der Waals surface area contributed by atoms with Gasteiger partial charge in [-0.25, -0.2) is 4.79 Å². The lowest BCUT2D eigenvalue weighted by Gasteiger charge is -2.35. The predicted molar refractivity (Wildman–Crippen MR) is 117 cm³/mol. The number of anilines is 1. The van der Waals surface area contributed by atoms with Crippen molar-refractivity contribution in [3.8, 4) is 0 Å². The molecule has 0 bridgehead atoms. The normalized spacial score (nSPS) is 18.9. The Morgan fingerprint density at radius 2 is 1.71 bits per heavy atom. The molecule has 0 saturated carbocycles. The number of morpholine rings is 1. The van der Waals surface area contributed by atoms with Crippen LogP contribution in [-0.4, -0.2) is 54.5 Å². The second-order valence-electron chi connectivity index (χ2n) is 7.91. The van der Waals surface area contributed by atoms with Crippen molar-refractivity contribution in [2.24, 2.45) is 0 Å². The van der Waals surface area contributed by atoms with Crippen LogP contribution < -0.4 is 5.32 Å². The number of amides is 1. The fraction of sp³-hybridized carbons (Fsp3) is 0.375. The van der Waals surface area contributed by atoms with Crippen LogP contribution in [0.5, 0.6) is 0 Å². The van der Waals surface area contributed by atoms with Gasteiger partial charge in [-0.3, -0.25) is 14.5 Å². The third kappa shape index (κ3) is 6.73. The van der Waals surface area contributed by atoms with Crippen molar-refractivity contribution in [1.29, 1.82) is 0 Å². The highest BCUT2D eigenvalue weighted by molar-refractivity contribution is 5.98. The molecule has 1 aliphatic heterocycles. The first-order valence-corrected chi connectivity index (χ1v) is 10.3. The summed E-state index contributed by atoms with van der Waals surface area (Å²) in [6.07, 6.45) is 0.406. The molecule has 2 unspecified atom stereocenters. The predicted octanol–water partition coefficient (Wildman–Crippen LogP) is 3.29. The number of hydrogen-bond donors (Lipinski definition) is 1. The minimum absolute atomic E-state index is 0.0939. The summed E-state index contributed by atoms with van der Waals surface area (Å²) in [6.45, 7) is 7.71. The third-order valence-corrected chi connectivity index (χ3v) is 4.98. The Bertz CT molecular complexity index is 931. The Morgan fingerprint density at radius 1 is 1.03 bits per heavy atom. The molecule has 31 heavy (non-hydrogen) atoms. The summed E-state index contributed by atoms with van der Waals surface area (Å²) in [7, 11) is 0. The molecule has 164 valence electrons. The van der Waals surface area contributed by atoms with Gasteiger partial charge in [0.1, 0.15) is 0 Å². The number of hydrogen-bond acceptors (Lipinski definition) is 6. The highest BCUT2D eigenvalue weighted by Crippen LogP contribution is 2.15. The van der Waals surface area contributed by atoms with Gasteiger partial charge in [0.25, 0.3) is 5.91 Å². The van der Waals surface area contributed by atoms with Gasteiger partial charge in [-0.2, -0.15) is 0 Å². The number of ketones is 1. The maximum absolute atomic E-state index is 12.3. The molecule has 2 aromatic carbocycles. The number of carbonyl (C=O) groups is 3. The van der Waals surface area contributed by atoms with E-state index >= 15 is 0 Å². The number of rotatable bonds is 7. The molecular formula is C24H28N2O5. The highest BCUT2D eigenvalue weighted by Gasteiger charge is 2.22. The summed E-state index contributed by atoms with van der Waals surface area (Å²) in [5.41, 5.74) is 2.46. The molecule has 2 aromatic rings. The molecular weight excluding hydrogens is 396 g/mol. The van der Waals surface area contributed by atoms with E-state index in [1.807, 2.05) is 12.1 Å². The third-order valence-electron chi connectivity index (χ3n) is 4.98. The van der Waals surface area contributed by atoms with E-state index in [0.717, 1.165) is 25.2 Å². The molecule has 3 rings (SSSR count). The first-order chi connectivity index (χ1) is 14.8. The standard InChI is InChI=1S/C24H28N2O5/c1-16-12-26(13-17(2)31-16)14-19-7-9-20(10-8-19)24(29)30-15-23(28)25-22-6-4-5-21(11-22)18(3)27/h4-11,16-17H,12-15H2,1-3H3,(H,25,28). The van der Waals surface area contributed by atoms with Crippen molar-refractivity contribution in [1.82, 2.24) is 4.90 Å². The van der Waals surface area contributed by atoms with E-state index in [9.17, 15) is 14.4 Å². The molecule has 1 heterocycles. The zero-order valence-corrected chi connectivity index (χ0v) is 18.1. The summed E-state index contributed by atoms with van der Waals surface area (Å²) in [5.74, 6) is -1.13. The van der Waals surface area contributed by atoms with Gasteiger partial charge in [-0.05, 0) is 50.6 Å². The maximum atomic E-state index is 12.3. The first kappa shape index (κ1) is 22.7. The molecule has 1 saturated heterocycles. The van der Waals surface area contributed by atoms with Crippen LogP contribution in [0.1, 0.15) is 47.1 Å². The number of nitrogens with one attached hydrogen (secondary N) is 1. The Hall–Kier alpha value is -3.03. The molecule has 2 atom stereocenters. The summed E-state index contributed by atoms with van der Waals surface area (Å²) < 4.78 is 10.9. The van der Waals surface area contributed by atoms with Crippen LogP contribution in [0.2, 0.25) is 0 Å².